The maximum atomic E-state index is 2.24. The predicted octanol–water partition coefficient (Wildman–Crippen LogP) is 0.753. The molecule has 0 unspecified atom stereocenters. The van der Waals surface area contributed by atoms with Crippen LogP contribution in [0.4, 0.5) is 0 Å². The van der Waals surface area contributed by atoms with Crippen molar-refractivity contribution in [1.29, 1.82) is 0 Å². The number of hydrogen-bond donors (Lipinski definition) is 0. The molecule has 0 amide bonds. The van der Waals surface area contributed by atoms with E-state index in [0.717, 1.165) is 6.42 Å². The summed E-state index contributed by atoms with van der Waals surface area (Å²) in [6, 6.07) is 19.7. The molecular formula is C19H16IN. The normalized spacial score (nSPS) is 11.5. The minimum absolute atomic E-state index is 0. The van der Waals surface area contributed by atoms with Gasteiger partial charge in [0.1, 0.15) is 7.05 Å². The summed E-state index contributed by atoms with van der Waals surface area (Å²) in [6.07, 6.45) is 5.37. The Hall–Kier alpha value is -1.68. The monoisotopic (exact) mass is 385 g/mol. The standard InChI is InChI=1S/C19H16N.HI/c1-20-11-10-18-16-8-4-2-6-14(16)12-15-7-3-5-9-17(15)19(18)13-20;/h2-11,13H,12H2,1H3;1H/q+1;/p-1. The van der Waals surface area contributed by atoms with Crippen molar-refractivity contribution in [3.05, 3.63) is 78.1 Å². The van der Waals surface area contributed by atoms with Crippen LogP contribution < -0.4 is 28.5 Å². The van der Waals surface area contributed by atoms with Gasteiger partial charge in [-0.1, -0.05) is 48.5 Å². The third-order valence-electron chi connectivity index (χ3n) is 4.10. The summed E-state index contributed by atoms with van der Waals surface area (Å²) >= 11 is 0. The molecule has 1 nitrogen and oxygen atoms in total. The summed E-state index contributed by atoms with van der Waals surface area (Å²) < 4.78 is 2.13. The lowest BCUT2D eigenvalue weighted by Crippen LogP contribution is -3.00. The molecule has 4 rings (SSSR count). The van der Waals surface area contributed by atoms with E-state index in [1.54, 1.807) is 0 Å². The van der Waals surface area contributed by atoms with E-state index in [4.69, 9.17) is 0 Å². The quantitative estimate of drug-likeness (QED) is 0.311. The third kappa shape index (κ3) is 2.38. The van der Waals surface area contributed by atoms with Gasteiger partial charge >= 0.3 is 0 Å². The van der Waals surface area contributed by atoms with Gasteiger partial charge in [-0.2, -0.15) is 0 Å². The molecule has 2 aromatic carbocycles. The number of pyridine rings is 1. The van der Waals surface area contributed by atoms with Crippen molar-refractivity contribution >= 4 is 0 Å². The summed E-state index contributed by atoms with van der Waals surface area (Å²) in [6.45, 7) is 0. The molecule has 0 spiro atoms. The molecule has 0 saturated carbocycles. The number of rotatable bonds is 0. The summed E-state index contributed by atoms with van der Waals surface area (Å²) in [4.78, 5) is 0. The zero-order valence-corrected chi connectivity index (χ0v) is 14.0. The number of benzene rings is 2. The minimum Gasteiger partial charge on any atom is -1.00 e. The van der Waals surface area contributed by atoms with E-state index >= 15 is 0 Å². The highest BCUT2D eigenvalue weighted by atomic mass is 127. The second-order valence-electron chi connectivity index (χ2n) is 5.43. The number of halogens is 1. The first-order valence-electron chi connectivity index (χ1n) is 6.99. The van der Waals surface area contributed by atoms with Gasteiger partial charge in [-0.25, -0.2) is 4.57 Å². The average molecular weight is 385 g/mol. The molecule has 0 radical (unpaired) electrons. The molecule has 0 fully saturated rings. The van der Waals surface area contributed by atoms with Gasteiger partial charge < -0.3 is 24.0 Å². The fraction of sp³-hybridized carbons (Fsp3) is 0.105. The SMILES string of the molecule is C[n+]1ccc2c(c1)-c1ccccc1Cc1ccccc1-2.[I-]. The van der Waals surface area contributed by atoms with Crippen LogP contribution in [0.2, 0.25) is 0 Å². The summed E-state index contributed by atoms with van der Waals surface area (Å²) in [5.74, 6) is 0. The highest BCUT2D eigenvalue weighted by Crippen LogP contribution is 2.39. The van der Waals surface area contributed by atoms with Crippen LogP contribution in [0.25, 0.3) is 22.3 Å². The minimum atomic E-state index is 0. The van der Waals surface area contributed by atoms with Gasteiger partial charge in [0.25, 0.3) is 0 Å². The number of hydrogen-bond acceptors (Lipinski definition) is 0. The number of aryl methyl sites for hydroxylation is 1. The topological polar surface area (TPSA) is 3.88 Å². The lowest BCUT2D eigenvalue weighted by Gasteiger charge is -2.08. The van der Waals surface area contributed by atoms with E-state index in [2.05, 4.69) is 78.6 Å². The van der Waals surface area contributed by atoms with Crippen LogP contribution in [0.15, 0.2) is 67.0 Å². The summed E-state index contributed by atoms with van der Waals surface area (Å²) in [5, 5.41) is 0. The predicted molar refractivity (Wildman–Crippen MR) is 81.3 cm³/mol. The van der Waals surface area contributed by atoms with Gasteiger partial charge in [0.2, 0.25) is 0 Å². The van der Waals surface area contributed by atoms with E-state index in [1.807, 2.05) is 0 Å². The van der Waals surface area contributed by atoms with Crippen molar-refractivity contribution in [1.82, 2.24) is 0 Å². The van der Waals surface area contributed by atoms with Crippen LogP contribution in [0, 0.1) is 0 Å². The second kappa shape index (κ2) is 5.60. The largest absolute Gasteiger partial charge is 1.00 e. The van der Waals surface area contributed by atoms with Crippen molar-refractivity contribution in [2.75, 3.05) is 0 Å². The molecule has 21 heavy (non-hydrogen) atoms. The van der Waals surface area contributed by atoms with Gasteiger partial charge in [0.15, 0.2) is 12.4 Å². The fourth-order valence-corrected chi connectivity index (χ4v) is 3.13. The van der Waals surface area contributed by atoms with Gasteiger partial charge in [-0.15, -0.1) is 0 Å². The molecule has 0 N–H and O–H groups in total. The number of fused-ring (bicyclic) bond motifs is 5. The maximum Gasteiger partial charge on any atom is 0.177 e. The molecular weight excluding hydrogens is 369 g/mol. The molecule has 1 aromatic heterocycles. The van der Waals surface area contributed by atoms with Gasteiger partial charge in [0.05, 0.1) is 5.56 Å². The van der Waals surface area contributed by atoms with Gasteiger partial charge in [-0.3, -0.25) is 0 Å². The molecule has 0 bridgehead atoms. The molecule has 1 aliphatic rings. The van der Waals surface area contributed by atoms with E-state index in [1.165, 1.54) is 33.4 Å². The molecule has 1 heterocycles. The van der Waals surface area contributed by atoms with E-state index in [0.29, 0.717) is 0 Å². The number of aromatic nitrogens is 1. The lowest BCUT2D eigenvalue weighted by atomic mass is 9.96. The van der Waals surface area contributed by atoms with Crippen LogP contribution in [0.3, 0.4) is 0 Å². The summed E-state index contributed by atoms with van der Waals surface area (Å²) in [7, 11) is 2.08. The van der Waals surface area contributed by atoms with Crippen molar-refractivity contribution < 1.29 is 28.5 Å². The Bertz CT molecular complexity index is 808. The fourth-order valence-electron chi connectivity index (χ4n) is 3.13. The van der Waals surface area contributed by atoms with E-state index in [9.17, 15) is 0 Å². The molecule has 1 aliphatic carbocycles. The van der Waals surface area contributed by atoms with Crippen molar-refractivity contribution in [3.8, 4) is 22.3 Å². The lowest BCUT2D eigenvalue weighted by molar-refractivity contribution is -0.670. The highest BCUT2D eigenvalue weighted by molar-refractivity contribution is 5.87. The molecule has 104 valence electrons. The van der Waals surface area contributed by atoms with Crippen LogP contribution >= 0.6 is 0 Å². The highest BCUT2D eigenvalue weighted by Gasteiger charge is 2.20. The molecule has 0 aliphatic heterocycles. The molecule has 0 saturated heterocycles. The van der Waals surface area contributed by atoms with Crippen LogP contribution in [0.1, 0.15) is 11.1 Å². The Morgan fingerprint density at radius 2 is 1.29 bits per heavy atom. The Balaban J connectivity index is 0.00000132. The number of nitrogens with zero attached hydrogens (tertiary/aromatic N) is 1. The first-order valence-corrected chi connectivity index (χ1v) is 6.99. The Kier molecular flexibility index (Phi) is 3.81. The molecule has 2 heteroatoms. The van der Waals surface area contributed by atoms with E-state index in [-0.39, 0.29) is 24.0 Å². The van der Waals surface area contributed by atoms with Crippen molar-refractivity contribution in [2.45, 2.75) is 6.42 Å². The average Bonchev–Trinajstić information content (AvgIpc) is 2.61. The van der Waals surface area contributed by atoms with E-state index < -0.39 is 0 Å². The third-order valence-corrected chi connectivity index (χ3v) is 4.10. The van der Waals surface area contributed by atoms with Crippen molar-refractivity contribution in [2.24, 2.45) is 7.05 Å². The van der Waals surface area contributed by atoms with Gasteiger partial charge in [-0.05, 0) is 28.7 Å². The Morgan fingerprint density at radius 1 is 0.714 bits per heavy atom. The smallest absolute Gasteiger partial charge is 0.177 e. The maximum absolute atomic E-state index is 2.24. The zero-order chi connectivity index (χ0) is 13.5. The first-order chi connectivity index (χ1) is 9.83. The second-order valence-corrected chi connectivity index (χ2v) is 5.43. The van der Waals surface area contributed by atoms with Gasteiger partial charge in [0, 0.05) is 11.6 Å². The van der Waals surface area contributed by atoms with Crippen LogP contribution in [-0.4, -0.2) is 0 Å². The van der Waals surface area contributed by atoms with Crippen LogP contribution in [-0.2, 0) is 13.5 Å². The molecule has 0 atom stereocenters. The zero-order valence-electron chi connectivity index (χ0n) is 11.9. The summed E-state index contributed by atoms with van der Waals surface area (Å²) in [5.41, 5.74) is 8.20. The Morgan fingerprint density at radius 3 is 1.95 bits per heavy atom. The first kappa shape index (κ1) is 14.3. The Labute approximate surface area is 142 Å². The molecule has 3 aromatic rings. The van der Waals surface area contributed by atoms with Crippen LogP contribution in [0.5, 0.6) is 0 Å². The van der Waals surface area contributed by atoms with Crippen molar-refractivity contribution in [3.63, 3.8) is 0 Å².